The summed E-state index contributed by atoms with van der Waals surface area (Å²) in [6, 6.07) is 0. The van der Waals surface area contributed by atoms with Gasteiger partial charge >= 0.3 is 0 Å². The van der Waals surface area contributed by atoms with Gasteiger partial charge in [-0.2, -0.15) is 0 Å². The van der Waals surface area contributed by atoms with Gasteiger partial charge in [-0.1, -0.05) is 69.8 Å². The van der Waals surface area contributed by atoms with Crippen molar-refractivity contribution in [3.8, 4) is 0 Å². The topological polar surface area (TPSA) is 20.2 Å². The molecule has 0 fully saturated rings. The number of allylic oxidation sites excluding steroid dienone is 3. The second-order valence-corrected chi connectivity index (χ2v) is 7.14. The molecule has 21 heavy (non-hydrogen) atoms. The molecule has 1 nitrogen and oxygen atoms in total. The lowest BCUT2D eigenvalue weighted by Gasteiger charge is -2.12. The first kappa shape index (κ1) is 20.4. The Morgan fingerprint density at radius 2 is 1.48 bits per heavy atom. The van der Waals surface area contributed by atoms with E-state index in [9.17, 15) is 0 Å². The maximum Gasteiger partial charge on any atom is 0.0614 e. The maximum absolute atomic E-state index is 8.81. The smallest absolute Gasteiger partial charge is 0.0614 e. The Morgan fingerprint density at radius 3 is 2.10 bits per heavy atom. The van der Waals surface area contributed by atoms with E-state index in [-0.39, 0.29) is 6.61 Å². The second kappa shape index (κ2) is 13.1. The van der Waals surface area contributed by atoms with Crippen molar-refractivity contribution in [1.82, 2.24) is 0 Å². The molecule has 1 heteroatoms. The molecule has 0 aliphatic heterocycles. The zero-order valence-corrected chi connectivity index (χ0v) is 15.1. The van der Waals surface area contributed by atoms with E-state index in [0.717, 1.165) is 24.7 Å². The summed E-state index contributed by atoms with van der Waals surface area (Å²) in [5, 5.41) is 8.81. The molecule has 0 radical (unpaired) electrons. The van der Waals surface area contributed by atoms with E-state index in [2.05, 4.69) is 40.7 Å². The van der Waals surface area contributed by atoms with Crippen LogP contribution in [-0.2, 0) is 0 Å². The van der Waals surface area contributed by atoms with Crippen LogP contribution in [0.4, 0.5) is 0 Å². The molecule has 0 saturated carbocycles. The molecule has 0 heterocycles. The third-order valence-corrected chi connectivity index (χ3v) is 4.22. The fourth-order valence-corrected chi connectivity index (χ4v) is 2.65. The van der Waals surface area contributed by atoms with E-state index >= 15 is 0 Å². The molecule has 0 aromatic heterocycles. The van der Waals surface area contributed by atoms with Gasteiger partial charge in [0, 0.05) is 0 Å². The van der Waals surface area contributed by atoms with Crippen molar-refractivity contribution >= 4 is 0 Å². The molecular formula is C20H38O. The van der Waals surface area contributed by atoms with Crippen LogP contribution < -0.4 is 0 Å². The van der Waals surface area contributed by atoms with Crippen LogP contribution in [0.3, 0.4) is 0 Å². The Labute approximate surface area is 133 Å². The molecular weight excluding hydrogens is 256 g/mol. The van der Waals surface area contributed by atoms with Crippen LogP contribution >= 0.6 is 0 Å². The largest absolute Gasteiger partial charge is 0.392 e. The van der Waals surface area contributed by atoms with Crippen molar-refractivity contribution in [3.63, 3.8) is 0 Å². The Bertz CT molecular complexity index is 299. The highest BCUT2D eigenvalue weighted by Crippen LogP contribution is 2.19. The van der Waals surface area contributed by atoms with E-state index in [0.29, 0.717) is 0 Å². The van der Waals surface area contributed by atoms with Crippen LogP contribution in [0.2, 0.25) is 0 Å². The molecule has 1 N–H and O–H groups in total. The highest BCUT2D eigenvalue weighted by atomic mass is 16.2. The van der Waals surface area contributed by atoms with E-state index in [1.807, 2.05) is 6.08 Å². The average molecular weight is 295 g/mol. The van der Waals surface area contributed by atoms with Gasteiger partial charge in [-0.25, -0.2) is 0 Å². The number of rotatable bonds is 12. The molecule has 0 aliphatic carbocycles. The Morgan fingerprint density at radius 1 is 0.857 bits per heavy atom. The summed E-state index contributed by atoms with van der Waals surface area (Å²) >= 11 is 0. The Hall–Kier alpha value is -0.560. The van der Waals surface area contributed by atoms with Crippen molar-refractivity contribution in [2.45, 2.75) is 86.0 Å². The third-order valence-electron chi connectivity index (χ3n) is 4.22. The lowest BCUT2D eigenvalue weighted by molar-refractivity contribution is 0.341. The number of aliphatic hydroxyl groups is 1. The van der Waals surface area contributed by atoms with E-state index in [1.165, 1.54) is 49.7 Å². The average Bonchev–Trinajstić information content (AvgIpc) is 2.38. The molecule has 1 unspecified atom stereocenters. The molecule has 0 spiro atoms. The highest BCUT2D eigenvalue weighted by molar-refractivity contribution is 5.03. The zero-order valence-electron chi connectivity index (χ0n) is 15.1. The monoisotopic (exact) mass is 294 g/mol. The minimum absolute atomic E-state index is 0.170. The van der Waals surface area contributed by atoms with Gasteiger partial charge in [0.15, 0.2) is 0 Å². The van der Waals surface area contributed by atoms with E-state index in [1.54, 1.807) is 0 Å². The quantitative estimate of drug-likeness (QED) is 0.420. The molecule has 1 atom stereocenters. The molecule has 0 amide bonds. The summed E-state index contributed by atoms with van der Waals surface area (Å²) in [6.45, 7) is 11.6. The predicted molar refractivity (Wildman–Crippen MR) is 95.5 cm³/mol. The van der Waals surface area contributed by atoms with Crippen LogP contribution in [-0.4, -0.2) is 11.7 Å². The van der Waals surface area contributed by atoms with Crippen LogP contribution in [0.1, 0.15) is 86.0 Å². The van der Waals surface area contributed by atoms with Crippen LogP contribution in [0.5, 0.6) is 0 Å². The first-order valence-corrected chi connectivity index (χ1v) is 8.87. The van der Waals surface area contributed by atoms with Gasteiger partial charge in [-0.05, 0) is 51.4 Å². The molecule has 0 rings (SSSR count). The molecule has 0 aromatic carbocycles. The van der Waals surface area contributed by atoms with Gasteiger partial charge in [0.25, 0.3) is 0 Å². The summed E-state index contributed by atoms with van der Waals surface area (Å²) in [5.74, 6) is 1.73. The first-order chi connectivity index (χ1) is 9.95. The van der Waals surface area contributed by atoms with Crippen molar-refractivity contribution in [2.75, 3.05) is 6.61 Å². The molecule has 0 aromatic rings. The fraction of sp³-hybridized carbons (Fsp3) is 0.800. The van der Waals surface area contributed by atoms with Gasteiger partial charge in [0.1, 0.15) is 0 Å². The molecule has 0 aliphatic rings. The third kappa shape index (κ3) is 14.2. The van der Waals surface area contributed by atoms with Crippen LogP contribution in [0.25, 0.3) is 0 Å². The minimum atomic E-state index is 0.170. The van der Waals surface area contributed by atoms with Gasteiger partial charge < -0.3 is 5.11 Å². The summed E-state index contributed by atoms with van der Waals surface area (Å²) in [6.07, 6.45) is 14.6. The molecule has 0 bridgehead atoms. The highest BCUT2D eigenvalue weighted by Gasteiger charge is 2.03. The van der Waals surface area contributed by atoms with Crippen molar-refractivity contribution in [3.05, 3.63) is 23.3 Å². The standard InChI is InChI=1S/C20H38O/c1-17(2)9-6-10-18(3)11-7-12-19(4)13-8-14-20(5)15-16-21/h13,15,17-18,21H,6-12,14,16H2,1-5H3/b19-13+,20-15+. The van der Waals surface area contributed by atoms with Gasteiger partial charge in [-0.15, -0.1) is 0 Å². The summed E-state index contributed by atoms with van der Waals surface area (Å²) in [5.41, 5.74) is 2.82. The summed E-state index contributed by atoms with van der Waals surface area (Å²) in [4.78, 5) is 0. The van der Waals surface area contributed by atoms with E-state index < -0.39 is 0 Å². The maximum atomic E-state index is 8.81. The SMILES string of the molecule is C/C(=C\CO)CC/C=C(\C)CCCC(C)CCCC(C)C. The number of hydrogen-bond acceptors (Lipinski definition) is 1. The van der Waals surface area contributed by atoms with Crippen molar-refractivity contribution in [1.29, 1.82) is 0 Å². The number of aliphatic hydroxyl groups excluding tert-OH is 1. The normalized spacial score (nSPS) is 14.8. The van der Waals surface area contributed by atoms with Crippen LogP contribution in [0, 0.1) is 11.8 Å². The predicted octanol–water partition coefficient (Wildman–Crippen LogP) is 6.28. The van der Waals surface area contributed by atoms with Gasteiger partial charge in [0.05, 0.1) is 6.61 Å². The first-order valence-electron chi connectivity index (χ1n) is 8.87. The second-order valence-electron chi connectivity index (χ2n) is 7.14. The fourth-order valence-electron chi connectivity index (χ4n) is 2.65. The van der Waals surface area contributed by atoms with E-state index in [4.69, 9.17) is 5.11 Å². The van der Waals surface area contributed by atoms with Crippen molar-refractivity contribution < 1.29 is 5.11 Å². The van der Waals surface area contributed by atoms with Gasteiger partial charge in [-0.3, -0.25) is 0 Å². The summed E-state index contributed by atoms with van der Waals surface area (Å²) < 4.78 is 0. The van der Waals surface area contributed by atoms with Crippen molar-refractivity contribution in [2.24, 2.45) is 11.8 Å². The Balaban J connectivity index is 3.68. The number of hydrogen-bond donors (Lipinski definition) is 1. The van der Waals surface area contributed by atoms with Gasteiger partial charge in [0.2, 0.25) is 0 Å². The lowest BCUT2D eigenvalue weighted by atomic mass is 9.94. The molecule has 124 valence electrons. The zero-order chi connectivity index (χ0) is 16.1. The Kier molecular flexibility index (Phi) is 12.8. The summed E-state index contributed by atoms with van der Waals surface area (Å²) in [7, 11) is 0. The van der Waals surface area contributed by atoms with Crippen LogP contribution in [0.15, 0.2) is 23.3 Å². The minimum Gasteiger partial charge on any atom is -0.392 e. The molecule has 0 saturated heterocycles. The lowest BCUT2D eigenvalue weighted by Crippen LogP contribution is -1.97.